The summed E-state index contributed by atoms with van der Waals surface area (Å²) in [7, 11) is 0. The standard InChI is InChI=1S/C34H45ClO6/c1-3-5-7-9-11-15-22-38-30(36)24-40-33-26-18-13-14-19-27(26)34(32-28(33)20-17-21-29(32)35)41-25-31(37)39-23-16-12-10-8-6-4-2/h13-14,17-21H,3-12,15-16,22-25H2,1-2H3. The summed E-state index contributed by atoms with van der Waals surface area (Å²) >= 11 is 6.65. The van der Waals surface area contributed by atoms with Crippen LogP contribution >= 0.6 is 11.6 Å². The van der Waals surface area contributed by atoms with Crippen molar-refractivity contribution in [2.24, 2.45) is 0 Å². The Hall–Kier alpha value is -2.99. The van der Waals surface area contributed by atoms with Gasteiger partial charge in [-0.2, -0.15) is 0 Å². The summed E-state index contributed by atoms with van der Waals surface area (Å²) in [5.41, 5.74) is 0. The van der Waals surface area contributed by atoms with Crippen molar-refractivity contribution in [3.63, 3.8) is 0 Å². The summed E-state index contributed by atoms with van der Waals surface area (Å²) < 4.78 is 22.9. The predicted octanol–water partition coefficient (Wildman–Crippen LogP) is 9.21. The fourth-order valence-electron chi connectivity index (χ4n) is 4.89. The number of hydrogen-bond acceptors (Lipinski definition) is 6. The summed E-state index contributed by atoms with van der Waals surface area (Å²) in [4.78, 5) is 24.9. The van der Waals surface area contributed by atoms with Gasteiger partial charge in [0.25, 0.3) is 0 Å². The molecule has 224 valence electrons. The fourth-order valence-corrected chi connectivity index (χ4v) is 5.15. The predicted molar refractivity (Wildman–Crippen MR) is 166 cm³/mol. The zero-order valence-electron chi connectivity index (χ0n) is 24.7. The van der Waals surface area contributed by atoms with E-state index in [0.29, 0.717) is 40.5 Å². The lowest BCUT2D eigenvalue weighted by atomic mass is 10.0. The van der Waals surface area contributed by atoms with Gasteiger partial charge in [0.15, 0.2) is 13.2 Å². The lowest BCUT2D eigenvalue weighted by molar-refractivity contribution is -0.147. The second-order valence-electron chi connectivity index (χ2n) is 10.4. The Bertz CT molecular complexity index is 1240. The van der Waals surface area contributed by atoms with Crippen LogP contribution < -0.4 is 9.47 Å². The second kappa shape index (κ2) is 18.4. The number of ether oxygens (including phenoxy) is 4. The van der Waals surface area contributed by atoms with Crippen LogP contribution in [-0.4, -0.2) is 38.4 Å². The smallest absolute Gasteiger partial charge is 0.344 e. The first kappa shape index (κ1) is 32.5. The number of rotatable bonds is 20. The largest absolute Gasteiger partial charge is 0.481 e. The van der Waals surface area contributed by atoms with Gasteiger partial charge >= 0.3 is 11.9 Å². The number of carbonyl (C=O) groups excluding carboxylic acids is 2. The third-order valence-electron chi connectivity index (χ3n) is 7.09. The molecular formula is C34H45ClO6. The van der Waals surface area contributed by atoms with E-state index in [1.165, 1.54) is 38.5 Å². The lowest BCUT2D eigenvalue weighted by Crippen LogP contribution is -2.17. The minimum absolute atomic E-state index is 0.216. The van der Waals surface area contributed by atoms with Gasteiger partial charge in [0, 0.05) is 21.5 Å². The summed E-state index contributed by atoms with van der Waals surface area (Å²) in [6.45, 7) is 4.72. The Kier molecular flexibility index (Phi) is 14.6. The minimum atomic E-state index is -0.420. The maximum absolute atomic E-state index is 12.5. The van der Waals surface area contributed by atoms with Gasteiger partial charge in [-0.3, -0.25) is 0 Å². The molecule has 41 heavy (non-hydrogen) atoms. The number of esters is 2. The van der Waals surface area contributed by atoms with E-state index >= 15 is 0 Å². The molecule has 0 bridgehead atoms. The first-order valence-electron chi connectivity index (χ1n) is 15.3. The number of benzene rings is 3. The third kappa shape index (κ3) is 10.4. The number of fused-ring (bicyclic) bond motifs is 2. The van der Waals surface area contributed by atoms with Gasteiger partial charge in [-0.05, 0) is 18.9 Å². The van der Waals surface area contributed by atoms with E-state index in [1.54, 1.807) is 6.07 Å². The molecule has 0 spiro atoms. The van der Waals surface area contributed by atoms with Crippen LogP contribution in [0.25, 0.3) is 21.5 Å². The van der Waals surface area contributed by atoms with Gasteiger partial charge in [-0.25, -0.2) is 9.59 Å². The Morgan fingerprint density at radius 3 is 1.61 bits per heavy atom. The quantitative estimate of drug-likeness (QED) is 0.0748. The molecular weight excluding hydrogens is 540 g/mol. The van der Waals surface area contributed by atoms with Crippen molar-refractivity contribution < 1.29 is 28.5 Å². The molecule has 0 atom stereocenters. The molecule has 0 aliphatic rings. The molecule has 0 aliphatic carbocycles. The number of carbonyl (C=O) groups is 2. The molecule has 0 aromatic heterocycles. The SMILES string of the molecule is CCCCCCCCOC(=O)COc1c2ccccc2c(OCC(=O)OCCCCCCCC)c2c(Cl)cccc12. The summed E-state index contributed by atoms with van der Waals surface area (Å²) in [6, 6.07) is 13.0. The van der Waals surface area contributed by atoms with Gasteiger partial charge < -0.3 is 18.9 Å². The zero-order chi connectivity index (χ0) is 29.3. The van der Waals surface area contributed by atoms with E-state index in [9.17, 15) is 9.59 Å². The zero-order valence-corrected chi connectivity index (χ0v) is 25.4. The van der Waals surface area contributed by atoms with Crippen LogP contribution in [-0.2, 0) is 19.1 Å². The molecule has 3 aromatic rings. The van der Waals surface area contributed by atoms with Crippen molar-refractivity contribution in [3.05, 3.63) is 47.5 Å². The van der Waals surface area contributed by atoms with Crippen LogP contribution in [0.2, 0.25) is 5.02 Å². The Labute approximate surface area is 249 Å². The van der Waals surface area contributed by atoms with Gasteiger partial charge in [-0.15, -0.1) is 0 Å². The highest BCUT2D eigenvalue weighted by molar-refractivity contribution is 6.37. The van der Waals surface area contributed by atoms with Crippen LogP contribution in [0.1, 0.15) is 90.9 Å². The van der Waals surface area contributed by atoms with Crippen molar-refractivity contribution in [1.82, 2.24) is 0 Å². The third-order valence-corrected chi connectivity index (χ3v) is 7.41. The van der Waals surface area contributed by atoms with Gasteiger partial charge in [0.1, 0.15) is 11.5 Å². The van der Waals surface area contributed by atoms with Gasteiger partial charge in [0.2, 0.25) is 0 Å². The maximum atomic E-state index is 12.5. The number of halogens is 1. The van der Waals surface area contributed by atoms with Gasteiger partial charge in [0.05, 0.1) is 18.2 Å². The molecule has 7 heteroatoms. The minimum Gasteiger partial charge on any atom is -0.481 e. The molecule has 0 saturated carbocycles. The molecule has 0 aliphatic heterocycles. The average Bonchev–Trinajstić information content (AvgIpc) is 2.98. The molecule has 0 saturated heterocycles. The van der Waals surface area contributed by atoms with Crippen molar-refractivity contribution in [2.75, 3.05) is 26.4 Å². The average molecular weight is 585 g/mol. The van der Waals surface area contributed by atoms with Crippen LogP contribution in [0.3, 0.4) is 0 Å². The molecule has 0 fully saturated rings. The van der Waals surface area contributed by atoms with E-state index in [0.717, 1.165) is 49.3 Å². The van der Waals surface area contributed by atoms with Crippen LogP contribution in [0.15, 0.2) is 42.5 Å². The maximum Gasteiger partial charge on any atom is 0.344 e. The summed E-state index contributed by atoms with van der Waals surface area (Å²) in [5.74, 6) is 0.172. The summed E-state index contributed by atoms with van der Waals surface area (Å²) in [6.07, 6.45) is 13.4. The van der Waals surface area contributed by atoms with E-state index < -0.39 is 11.9 Å². The molecule has 0 heterocycles. The molecule has 3 aromatic carbocycles. The number of unbranched alkanes of at least 4 members (excludes halogenated alkanes) is 10. The van der Waals surface area contributed by atoms with E-state index in [4.69, 9.17) is 30.5 Å². The van der Waals surface area contributed by atoms with Crippen molar-refractivity contribution >= 4 is 45.1 Å². The molecule has 0 amide bonds. The van der Waals surface area contributed by atoms with Crippen LogP contribution in [0.5, 0.6) is 11.5 Å². The molecule has 0 N–H and O–H groups in total. The van der Waals surface area contributed by atoms with E-state index in [1.807, 2.05) is 36.4 Å². The molecule has 0 unspecified atom stereocenters. The first-order valence-corrected chi connectivity index (χ1v) is 15.6. The van der Waals surface area contributed by atoms with Crippen molar-refractivity contribution in [3.8, 4) is 11.5 Å². The lowest BCUT2D eigenvalue weighted by Gasteiger charge is -2.18. The van der Waals surface area contributed by atoms with Crippen molar-refractivity contribution in [2.45, 2.75) is 90.9 Å². The molecule has 0 radical (unpaired) electrons. The number of hydrogen-bond donors (Lipinski definition) is 0. The highest BCUT2D eigenvalue weighted by Crippen LogP contribution is 2.45. The van der Waals surface area contributed by atoms with Gasteiger partial charge in [-0.1, -0.05) is 126 Å². The van der Waals surface area contributed by atoms with E-state index in [2.05, 4.69) is 13.8 Å². The van der Waals surface area contributed by atoms with Crippen molar-refractivity contribution in [1.29, 1.82) is 0 Å². The monoisotopic (exact) mass is 584 g/mol. The Morgan fingerprint density at radius 2 is 1.05 bits per heavy atom. The van der Waals surface area contributed by atoms with E-state index in [-0.39, 0.29) is 13.2 Å². The first-order chi connectivity index (χ1) is 20.1. The molecule has 6 nitrogen and oxygen atoms in total. The fraction of sp³-hybridized carbons (Fsp3) is 0.529. The highest BCUT2D eigenvalue weighted by Gasteiger charge is 2.20. The highest BCUT2D eigenvalue weighted by atomic mass is 35.5. The van der Waals surface area contributed by atoms with Crippen LogP contribution in [0, 0.1) is 0 Å². The van der Waals surface area contributed by atoms with Crippen LogP contribution in [0.4, 0.5) is 0 Å². The molecule has 3 rings (SSSR count). The Balaban J connectivity index is 1.66. The topological polar surface area (TPSA) is 71.1 Å². The summed E-state index contributed by atoms with van der Waals surface area (Å²) in [5, 5.41) is 3.25. The second-order valence-corrected chi connectivity index (χ2v) is 10.8. The normalized spacial score (nSPS) is 11.1. The Morgan fingerprint density at radius 1 is 0.585 bits per heavy atom.